The minimum absolute atomic E-state index is 0.261. The van der Waals surface area contributed by atoms with Gasteiger partial charge in [0.15, 0.2) is 16.3 Å². The van der Waals surface area contributed by atoms with E-state index in [0.29, 0.717) is 24.3 Å². The van der Waals surface area contributed by atoms with Crippen LogP contribution in [-0.4, -0.2) is 32.1 Å². The van der Waals surface area contributed by atoms with E-state index in [1.165, 1.54) is 12.4 Å². The van der Waals surface area contributed by atoms with Crippen LogP contribution in [0.4, 0.5) is 4.39 Å². The second kappa shape index (κ2) is 8.10. The van der Waals surface area contributed by atoms with E-state index in [9.17, 15) is 9.50 Å². The Morgan fingerprint density at radius 3 is 2.60 bits per heavy atom. The number of hydrogen-bond acceptors (Lipinski definition) is 4. The molecule has 0 fully saturated rings. The first-order valence-corrected chi connectivity index (χ1v) is 8.84. The van der Waals surface area contributed by atoms with E-state index in [4.69, 9.17) is 17.0 Å². The molecule has 0 amide bonds. The van der Waals surface area contributed by atoms with Crippen molar-refractivity contribution in [3.05, 3.63) is 41.2 Å². The van der Waals surface area contributed by atoms with Gasteiger partial charge in [0.05, 0.1) is 18.8 Å². The lowest BCUT2D eigenvalue weighted by Crippen LogP contribution is -2.46. The molecule has 0 aliphatic carbocycles. The summed E-state index contributed by atoms with van der Waals surface area (Å²) in [7, 11) is 0. The Balaban J connectivity index is 1.89. The zero-order valence-electron chi connectivity index (χ0n) is 15.0. The van der Waals surface area contributed by atoms with Gasteiger partial charge < -0.3 is 14.8 Å². The average molecular weight is 367 g/mol. The molecule has 0 saturated heterocycles. The van der Waals surface area contributed by atoms with E-state index >= 15 is 0 Å². The van der Waals surface area contributed by atoms with E-state index in [-0.39, 0.29) is 17.0 Å². The van der Waals surface area contributed by atoms with Gasteiger partial charge in [-0.1, -0.05) is 32.9 Å². The van der Waals surface area contributed by atoms with Gasteiger partial charge in [0.1, 0.15) is 6.33 Å². The van der Waals surface area contributed by atoms with Crippen LogP contribution < -0.4 is 4.74 Å². The summed E-state index contributed by atoms with van der Waals surface area (Å²) in [4.78, 5) is 2.84. The molecule has 0 saturated carbocycles. The predicted octanol–water partition coefficient (Wildman–Crippen LogP) is 4.11. The van der Waals surface area contributed by atoms with Crippen LogP contribution in [0.2, 0.25) is 0 Å². The number of benzene rings is 1. The minimum atomic E-state index is -0.960. The maximum absolute atomic E-state index is 13.5. The number of aromatic nitrogens is 3. The highest BCUT2D eigenvalue weighted by molar-refractivity contribution is 7.71. The zero-order valence-corrected chi connectivity index (χ0v) is 15.8. The molecule has 2 rings (SSSR count). The average Bonchev–Trinajstić information content (AvgIpc) is 2.92. The van der Waals surface area contributed by atoms with Gasteiger partial charge in [0, 0.05) is 0 Å². The van der Waals surface area contributed by atoms with Crippen molar-refractivity contribution in [3.63, 3.8) is 0 Å². The third-order valence-electron chi connectivity index (χ3n) is 4.51. The number of H-pyrrole nitrogens is 1. The standard InChI is InChI=1S/C18H26FN3O2S/c1-17(2,3)18(23,12-22-16(25)20-13-21-22)10-6-7-11-24-15-9-5-4-8-14(15)19/h4-5,8-9,13,23H,6-7,10-12H2,1-3H3,(H,20,21,25). The summed E-state index contributed by atoms with van der Waals surface area (Å²) in [6.07, 6.45) is 3.57. The van der Waals surface area contributed by atoms with Crippen molar-refractivity contribution in [1.82, 2.24) is 14.8 Å². The van der Waals surface area contributed by atoms with Crippen molar-refractivity contribution in [3.8, 4) is 5.75 Å². The second-order valence-corrected chi connectivity index (χ2v) is 7.66. The van der Waals surface area contributed by atoms with Crippen molar-refractivity contribution in [2.24, 2.45) is 5.41 Å². The van der Waals surface area contributed by atoms with Gasteiger partial charge in [-0.15, -0.1) is 0 Å². The molecule has 25 heavy (non-hydrogen) atoms. The Hall–Kier alpha value is -1.73. The molecule has 1 heterocycles. The third-order valence-corrected chi connectivity index (χ3v) is 4.83. The number of nitrogens with zero attached hydrogens (tertiary/aromatic N) is 2. The Labute approximate surface area is 152 Å². The molecule has 0 radical (unpaired) electrons. The molecule has 1 aromatic heterocycles. The van der Waals surface area contributed by atoms with Crippen molar-refractivity contribution in [2.45, 2.75) is 52.2 Å². The van der Waals surface area contributed by atoms with Crippen LogP contribution in [0.3, 0.4) is 0 Å². The van der Waals surface area contributed by atoms with E-state index < -0.39 is 5.60 Å². The highest BCUT2D eigenvalue weighted by atomic mass is 32.1. The molecule has 0 spiro atoms. The van der Waals surface area contributed by atoms with Crippen LogP contribution in [0.25, 0.3) is 0 Å². The van der Waals surface area contributed by atoms with E-state index in [1.807, 2.05) is 20.8 Å². The number of aliphatic hydroxyl groups is 1. The van der Waals surface area contributed by atoms with Gasteiger partial charge in [-0.3, -0.25) is 0 Å². The number of para-hydroxylation sites is 1. The van der Waals surface area contributed by atoms with Gasteiger partial charge in [0.25, 0.3) is 0 Å². The summed E-state index contributed by atoms with van der Waals surface area (Å²) in [5.41, 5.74) is -1.30. The first kappa shape index (κ1) is 19.6. The summed E-state index contributed by atoms with van der Waals surface area (Å²) in [5, 5.41) is 15.3. The quantitative estimate of drug-likeness (QED) is 0.544. The fraction of sp³-hybridized carbons (Fsp3) is 0.556. The summed E-state index contributed by atoms with van der Waals surface area (Å²) < 4.78 is 21.1. The lowest BCUT2D eigenvalue weighted by molar-refractivity contribution is -0.0819. The monoisotopic (exact) mass is 367 g/mol. The van der Waals surface area contributed by atoms with Crippen molar-refractivity contribution >= 4 is 12.2 Å². The van der Waals surface area contributed by atoms with Gasteiger partial charge in [-0.25, -0.2) is 9.07 Å². The summed E-state index contributed by atoms with van der Waals surface area (Å²) in [5.74, 6) is -0.0991. The highest BCUT2D eigenvalue weighted by Gasteiger charge is 2.40. The Bertz CT molecular complexity index is 738. The maximum atomic E-state index is 13.5. The smallest absolute Gasteiger partial charge is 0.195 e. The molecular formula is C18H26FN3O2S. The number of halogens is 1. The normalized spacial score (nSPS) is 14.3. The fourth-order valence-electron chi connectivity index (χ4n) is 2.60. The van der Waals surface area contributed by atoms with Crippen molar-refractivity contribution in [2.75, 3.05) is 6.61 Å². The SMILES string of the molecule is CC(C)(C)C(O)(CCCCOc1ccccc1F)Cn1nc[nH]c1=S. The lowest BCUT2D eigenvalue weighted by Gasteiger charge is -2.40. The summed E-state index contributed by atoms with van der Waals surface area (Å²) in [6.45, 7) is 6.73. The molecule has 1 aromatic carbocycles. The van der Waals surface area contributed by atoms with E-state index in [2.05, 4.69) is 10.1 Å². The Kier molecular flexibility index (Phi) is 6.35. The first-order valence-electron chi connectivity index (χ1n) is 8.43. The Morgan fingerprint density at radius 1 is 1.28 bits per heavy atom. The maximum Gasteiger partial charge on any atom is 0.195 e. The van der Waals surface area contributed by atoms with Crippen LogP contribution in [0.5, 0.6) is 5.75 Å². The number of unbranched alkanes of at least 4 members (excludes halogenated alkanes) is 1. The molecule has 2 aromatic rings. The largest absolute Gasteiger partial charge is 0.491 e. The van der Waals surface area contributed by atoms with Crippen LogP contribution >= 0.6 is 12.2 Å². The van der Waals surface area contributed by atoms with Gasteiger partial charge in [-0.05, 0) is 49.0 Å². The van der Waals surface area contributed by atoms with Crippen LogP contribution in [0.1, 0.15) is 40.0 Å². The topological polar surface area (TPSA) is 63.1 Å². The van der Waals surface area contributed by atoms with E-state index in [1.54, 1.807) is 22.9 Å². The summed E-state index contributed by atoms with van der Waals surface area (Å²) in [6, 6.07) is 6.36. The molecule has 2 N–H and O–H groups in total. The third kappa shape index (κ3) is 5.12. The van der Waals surface area contributed by atoms with Gasteiger partial charge in [-0.2, -0.15) is 5.10 Å². The Morgan fingerprint density at radius 2 is 2.00 bits per heavy atom. The molecule has 7 heteroatoms. The highest BCUT2D eigenvalue weighted by Crippen LogP contribution is 2.36. The molecule has 138 valence electrons. The molecular weight excluding hydrogens is 341 g/mol. The number of aromatic amines is 1. The molecule has 0 bridgehead atoms. The number of ether oxygens (including phenoxy) is 1. The molecule has 1 atom stereocenters. The van der Waals surface area contributed by atoms with Gasteiger partial charge >= 0.3 is 0 Å². The second-order valence-electron chi connectivity index (χ2n) is 7.27. The molecule has 0 aliphatic heterocycles. The van der Waals surface area contributed by atoms with E-state index in [0.717, 1.165) is 12.8 Å². The number of rotatable bonds is 8. The molecule has 5 nitrogen and oxygen atoms in total. The molecule has 0 aliphatic rings. The van der Waals surface area contributed by atoms with Gasteiger partial charge in [0.2, 0.25) is 0 Å². The van der Waals surface area contributed by atoms with Crippen LogP contribution in [-0.2, 0) is 6.54 Å². The van der Waals surface area contributed by atoms with Crippen molar-refractivity contribution in [1.29, 1.82) is 0 Å². The predicted molar refractivity (Wildman–Crippen MR) is 97.6 cm³/mol. The van der Waals surface area contributed by atoms with Crippen LogP contribution in [0.15, 0.2) is 30.6 Å². The number of nitrogens with one attached hydrogen (secondary N) is 1. The summed E-state index contributed by atoms with van der Waals surface area (Å²) >= 11 is 5.18. The fourth-order valence-corrected chi connectivity index (χ4v) is 2.76. The van der Waals surface area contributed by atoms with Crippen LogP contribution in [0, 0.1) is 16.0 Å². The van der Waals surface area contributed by atoms with Crippen molar-refractivity contribution < 1.29 is 14.2 Å². The number of hydrogen-bond donors (Lipinski definition) is 2. The lowest BCUT2D eigenvalue weighted by atomic mass is 9.73. The first-order chi connectivity index (χ1) is 11.7. The zero-order chi connectivity index (χ0) is 18.5. The molecule has 1 unspecified atom stereocenters. The minimum Gasteiger partial charge on any atom is -0.491 e.